The van der Waals surface area contributed by atoms with Crippen molar-refractivity contribution in [1.82, 2.24) is 24.6 Å². The first-order chi connectivity index (χ1) is 13.0. The first kappa shape index (κ1) is 18.4. The van der Waals surface area contributed by atoms with Gasteiger partial charge in [0.2, 0.25) is 5.95 Å². The van der Waals surface area contributed by atoms with Gasteiger partial charge >= 0.3 is 0 Å². The molecule has 4 rings (SSSR count). The lowest BCUT2D eigenvalue weighted by Crippen LogP contribution is -2.64. The average Bonchev–Trinajstić information content (AvgIpc) is 3.24. The number of hydrogen-bond acceptors (Lipinski definition) is 6. The lowest BCUT2D eigenvalue weighted by molar-refractivity contribution is -0.136. The van der Waals surface area contributed by atoms with Crippen LogP contribution in [-0.2, 0) is 11.3 Å². The van der Waals surface area contributed by atoms with Gasteiger partial charge in [0.25, 0.3) is 0 Å². The quantitative estimate of drug-likeness (QED) is 0.808. The summed E-state index contributed by atoms with van der Waals surface area (Å²) in [5.74, 6) is 1.32. The molecule has 7 nitrogen and oxygen atoms in total. The van der Waals surface area contributed by atoms with Crippen molar-refractivity contribution >= 4 is 5.95 Å². The molecule has 146 valence electrons. The molecule has 0 radical (unpaired) electrons. The predicted molar refractivity (Wildman–Crippen MR) is 105 cm³/mol. The SMILES string of the molecule is Cc1cnc(NCC[C@H]2CCOC23CN(Cc2cnn(C(C)C)c2)C3)nc1. The highest BCUT2D eigenvalue weighted by Crippen LogP contribution is 2.42. The molecular weight excluding hydrogens is 340 g/mol. The zero-order valence-corrected chi connectivity index (χ0v) is 16.6. The molecule has 1 spiro atoms. The van der Waals surface area contributed by atoms with Crippen LogP contribution in [0.15, 0.2) is 24.8 Å². The summed E-state index contributed by atoms with van der Waals surface area (Å²) in [6, 6.07) is 0.411. The van der Waals surface area contributed by atoms with Crippen molar-refractivity contribution in [3.8, 4) is 0 Å². The smallest absolute Gasteiger partial charge is 0.222 e. The fourth-order valence-corrected chi connectivity index (χ4v) is 4.21. The second kappa shape index (κ2) is 7.56. The Bertz CT molecular complexity index is 750. The number of aromatic nitrogens is 4. The van der Waals surface area contributed by atoms with E-state index in [1.807, 2.05) is 30.2 Å². The Morgan fingerprint density at radius 1 is 1.26 bits per heavy atom. The summed E-state index contributed by atoms with van der Waals surface area (Å²) in [5, 5.41) is 7.79. The van der Waals surface area contributed by atoms with E-state index in [4.69, 9.17) is 4.74 Å². The third-order valence-electron chi connectivity index (χ3n) is 5.73. The molecule has 2 saturated heterocycles. The number of rotatable bonds is 7. The fourth-order valence-electron chi connectivity index (χ4n) is 4.21. The van der Waals surface area contributed by atoms with Gasteiger partial charge in [0.05, 0.1) is 11.8 Å². The van der Waals surface area contributed by atoms with E-state index in [1.54, 1.807) is 0 Å². The molecule has 0 saturated carbocycles. The van der Waals surface area contributed by atoms with Crippen molar-refractivity contribution in [1.29, 1.82) is 0 Å². The van der Waals surface area contributed by atoms with Crippen LogP contribution in [0.4, 0.5) is 5.95 Å². The number of aryl methyl sites for hydroxylation is 1. The van der Waals surface area contributed by atoms with Crippen molar-refractivity contribution in [3.05, 3.63) is 35.9 Å². The zero-order chi connectivity index (χ0) is 18.9. The number of nitrogens with zero attached hydrogens (tertiary/aromatic N) is 5. The monoisotopic (exact) mass is 370 g/mol. The summed E-state index contributed by atoms with van der Waals surface area (Å²) in [6.07, 6.45) is 10.1. The topological polar surface area (TPSA) is 68.1 Å². The predicted octanol–water partition coefficient (Wildman–Crippen LogP) is 2.66. The number of hydrogen-bond donors (Lipinski definition) is 1. The Labute approximate surface area is 161 Å². The van der Waals surface area contributed by atoms with Crippen LogP contribution in [0.25, 0.3) is 0 Å². The van der Waals surface area contributed by atoms with Gasteiger partial charge in [0.15, 0.2) is 0 Å². The molecule has 0 bridgehead atoms. The molecule has 2 aliphatic heterocycles. The van der Waals surface area contributed by atoms with Crippen LogP contribution in [0.2, 0.25) is 0 Å². The Morgan fingerprint density at radius 3 is 2.74 bits per heavy atom. The van der Waals surface area contributed by atoms with E-state index in [0.717, 1.165) is 51.2 Å². The lowest BCUT2D eigenvalue weighted by atomic mass is 9.79. The number of ether oxygens (including phenoxy) is 1. The maximum atomic E-state index is 6.20. The molecule has 1 N–H and O–H groups in total. The van der Waals surface area contributed by atoms with Gasteiger partial charge in [0.1, 0.15) is 0 Å². The van der Waals surface area contributed by atoms with Gasteiger partial charge in [-0.2, -0.15) is 5.10 Å². The minimum absolute atomic E-state index is 0.0455. The Kier molecular flexibility index (Phi) is 5.14. The molecule has 4 heterocycles. The third-order valence-corrected chi connectivity index (χ3v) is 5.73. The Balaban J connectivity index is 1.25. The minimum atomic E-state index is 0.0455. The van der Waals surface area contributed by atoms with Crippen LogP contribution < -0.4 is 5.32 Å². The molecule has 0 amide bonds. The van der Waals surface area contributed by atoms with Gasteiger partial charge in [-0.25, -0.2) is 9.97 Å². The summed E-state index contributed by atoms with van der Waals surface area (Å²) in [4.78, 5) is 11.1. The van der Waals surface area contributed by atoms with Crippen LogP contribution in [0.1, 0.15) is 43.9 Å². The molecule has 7 heteroatoms. The average molecular weight is 371 g/mol. The van der Waals surface area contributed by atoms with E-state index in [2.05, 4.69) is 45.3 Å². The molecule has 2 aromatic heterocycles. The highest BCUT2D eigenvalue weighted by atomic mass is 16.5. The van der Waals surface area contributed by atoms with Crippen molar-refractivity contribution < 1.29 is 4.74 Å². The summed E-state index contributed by atoms with van der Waals surface area (Å²) in [5.41, 5.74) is 2.41. The van der Waals surface area contributed by atoms with E-state index in [0.29, 0.717) is 17.9 Å². The van der Waals surface area contributed by atoms with Crippen molar-refractivity contribution in [2.45, 2.75) is 51.8 Å². The van der Waals surface area contributed by atoms with Crippen molar-refractivity contribution in [2.75, 3.05) is 31.6 Å². The van der Waals surface area contributed by atoms with Gasteiger partial charge < -0.3 is 10.1 Å². The molecule has 2 fully saturated rings. The highest BCUT2D eigenvalue weighted by molar-refractivity contribution is 5.24. The third kappa shape index (κ3) is 3.99. The van der Waals surface area contributed by atoms with Crippen molar-refractivity contribution in [2.24, 2.45) is 5.92 Å². The number of nitrogens with one attached hydrogen (secondary N) is 1. The normalized spacial score (nSPS) is 21.7. The van der Waals surface area contributed by atoms with Gasteiger partial charge in [0, 0.05) is 63.0 Å². The van der Waals surface area contributed by atoms with Gasteiger partial charge in [-0.1, -0.05) is 0 Å². The zero-order valence-electron chi connectivity index (χ0n) is 16.6. The fraction of sp³-hybridized carbons (Fsp3) is 0.650. The van der Waals surface area contributed by atoms with Crippen LogP contribution in [0.3, 0.4) is 0 Å². The second-order valence-electron chi connectivity index (χ2n) is 8.27. The summed E-state index contributed by atoms with van der Waals surface area (Å²) < 4.78 is 8.22. The molecule has 0 unspecified atom stereocenters. The van der Waals surface area contributed by atoms with Gasteiger partial charge in [-0.3, -0.25) is 9.58 Å². The molecule has 0 aromatic carbocycles. The van der Waals surface area contributed by atoms with Crippen LogP contribution >= 0.6 is 0 Å². The summed E-state index contributed by atoms with van der Waals surface area (Å²) >= 11 is 0. The summed E-state index contributed by atoms with van der Waals surface area (Å²) in [7, 11) is 0. The van der Waals surface area contributed by atoms with Crippen LogP contribution in [-0.4, -0.2) is 56.5 Å². The van der Waals surface area contributed by atoms with Crippen molar-refractivity contribution in [3.63, 3.8) is 0 Å². The van der Waals surface area contributed by atoms with E-state index < -0.39 is 0 Å². The molecule has 1 atom stereocenters. The lowest BCUT2D eigenvalue weighted by Gasteiger charge is -2.50. The standard InChI is InChI=1S/C20H30N6O/c1-15(2)26-12-17(10-24-26)11-25-13-20(14-25)18(5-7-27-20)4-6-21-19-22-8-16(3)9-23-19/h8-10,12,15,18H,4-7,11,13-14H2,1-3H3,(H,21,22,23)/t18-/m0/s1. The maximum Gasteiger partial charge on any atom is 0.222 e. The highest BCUT2D eigenvalue weighted by Gasteiger charge is 2.52. The molecular formula is C20H30N6O. The molecule has 2 aliphatic rings. The second-order valence-corrected chi connectivity index (χ2v) is 8.27. The molecule has 27 heavy (non-hydrogen) atoms. The van der Waals surface area contributed by atoms with Crippen LogP contribution in [0.5, 0.6) is 0 Å². The van der Waals surface area contributed by atoms with E-state index in [1.165, 1.54) is 5.56 Å². The van der Waals surface area contributed by atoms with E-state index >= 15 is 0 Å². The summed E-state index contributed by atoms with van der Waals surface area (Å²) in [6.45, 7) is 11.1. The van der Waals surface area contributed by atoms with Gasteiger partial charge in [-0.15, -0.1) is 0 Å². The number of likely N-dealkylation sites (tertiary alicyclic amines) is 1. The first-order valence-electron chi connectivity index (χ1n) is 9.96. The largest absolute Gasteiger partial charge is 0.372 e. The molecule has 0 aliphatic carbocycles. The maximum absolute atomic E-state index is 6.20. The van der Waals surface area contributed by atoms with E-state index in [9.17, 15) is 0 Å². The Morgan fingerprint density at radius 2 is 2.04 bits per heavy atom. The van der Waals surface area contributed by atoms with E-state index in [-0.39, 0.29) is 5.60 Å². The first-order valence-corrected chi connectivity index (χ1v) is 9.96. The minimum Gasteiger partial charge on any atom is -0.372 e. The van der Waals surface area contributed by atoms with Gasteiger partial charge in [-0.05, 0) is 45.1 Å². The number of anilines is 1. The van der Waals surface area contributed by atoms with Crippen LogP contribution in [0, 0.1) is 12.8 Å². The Hall–Kier alpha value is -1.99. The molecule has 2 aromatic rings.